The minimum Gasteiger partial charge on any atom is -0.497 e. The first-order valence-electron chi connectivity index (χ1n) is 9.20. The second-order valence-corrected chi connectivity index (χ2v) is 7.22. The molecule has 0 bridgehead atoms. The fourth-order valence-electron chi connectivity index (χ4n) is 4.00. The van der Waals surface area contributed by atoms with Crippen molar-refractivity contribution in [2.75, 3.05) is 7.11 Å². The van der Waals surface area contributed by atoms with Crippen molar-refractivity contribution < 1.29 is 9.53 Å². The lowest BCUT2D eigenvalue weighted by molar-refractivity contribution is 0.0557. The molecule has 0 unspecified atom stereocenters. The highest BCUT2D eigenvalue weighted by Gasteiger charge is 2.45. The van der Waals surface area contributed by atoms with Crippen LogP contribution in [0.3, 0.4) is 0 Å². The van der Waals surface area contributed by atoms with Gasteiger partial charge in [-0.1, -0.05) is 60.7 Å². The third kappa shape index (κ3) is 3.10. The van der Waals surface area contributed by atoms with Crippen molar-refractivity contribution in [2.24, 2.45) is 0 Å². The standard InChI is InChI=1S/C24H23NO2/c1-24(16-18-12-14-20(27-2)15-13-18)22-11-7-6-10-21(22)23(26)25(24)17-19-8-4-3-5-9-19/h3-15H,16-17H2,1-2H3/t24-/m1/s1. The number of hydrogen-bond donors (Lipinski definition) is 0. The van der Waals surface area contributed by atoms with Gasteiger partial charge < -0.3 is 9.64 Å². The SMILES string of the molecule is COc1ccc(C[C@]2(C)c3ccccc3C(=O)N2Cc2ccccc2)cc1. The molecule has 136 valence electrons. The van der Waals surface area contributed by atoms with Gasteiger partial charge in [-0.25, -0.2) is 0 Å². The van der Waals surface area contributed by atoms with Gasteiger partial charge in [0.2, 0.25) is 0 Å². The largest absolute Gasteiger partial charge is 0.497 e. The fraction of sp³-hybridized carbons (Fsp3) is 0.208. The highest BCUT2D eigenvalue weighted by atomic mass is 16.5. The number of benzene rings is 3. The number of hydrogen-bond acceptors (Lipinski definition) is 2. The molecule has 3 heteroatoms. The number of carbonyl (C=O) groups is 1. The monoisotopic (exact) mass is 357 g/mol. The van der Waals surface area contributed by atoms with Gasteiger partial charge in [0.05, 0.1) is 12.6 Å². The molecular weight excluding hydrogens is 334 g/mol. The predicted octanol–water partition coefficient (Wildman–Crippen LogP) is 4.81. The molecule has 0 radical (unpaired) electrons. The minimum atomic E-state index is -0.391. The third-order valence-electron chi connectivity index (χ3n) is 5.47. The van der Waals surface area contributed by atoms with Gasteiger partial charge in [-0.15, -0.1) is 0 Å². The zero-order valence-corrected chi connectivity index (χ0v) is 15.7. The molecule has 1 heterocycles. The van der Waals surface area contributed by atoms with Gasteiger partial charge in [0.25, 0.3) is 5.91 Å². The smallest absolute Gasteiger partial charge is 0.255 e. The molecule has 0 saturated heterocycles. The lowest BCUT2D eigenvalue weighted by Crippen LogP contribution is -2.42. The average molecular weight is 357 g/mol. The van der Waals surface area contributed by atoms with E-state index in [0.717, 1.165) is 28.9 Å². The maximum atomic E-state index is 13.2. The predicted molar refractivity (Wildman–Crippen MR) is 107 cm³/mol. The first kappa shape index (κ1) is 17.3. The second-order valence-electron chi connectivity index (χ2n) is 7.22. The molecule has 0 spiro atoms. The van der Waals surface area contributed by atoms with Crippen molar-refractivity contribution in [3.8, 4) is 5.75 Å². The topological polar surface area (TPSA) is 29.5 Å². The second kappa shape index (κ2) is 6.92. The highest BCUT2D eigenvalue weighted by molar-refractivity contribution is 6.00. The number of amides is 1. The van der Waals surface area contributed by atoms with Crippen LogP contribution in [0.4, 0.5) is 0 Å². The van der Waals surface area contributed by atoms with Gasteiger partial charge in [0, 0.05) is 12.1 Å². The average Bonchev–Trinajstić information content (AvgIpc) is 2.92. The Morgan fingerprint density at radius 2 is 1.52 bits per heavy atom. The number of nitrogens with zero attached hydrogens (tertiary/aromatic N) is 1. The van der Waals surface area contributed by atoms with Crippen molar-refractivity contribution in [2.45, 2.75) is 25.4 Å². The minimum absolute atomic E-state index is 0.102. The molecule has 1 aliphatic rings. The molecule has 1 amide bonds. The van der Waals surface area contributed by atoms with E-state index in [1.807, 2.05) is 53.4 Å². The lowest BCUT2D eigenvalue weighted by atomic mass is 9.85. The Hall–Kier alpha value is -3.07. The van der Waals surface area contributed by atoms with Crippen LogP contribution in [0, 0.1) is 0 Å². The number of methoxy groups -OCH3 is 1. The van der Waals surface area contributed by atoms with E-state index >= 15 is 0 Å². The van der Waals surface area contributed by atoms with E-state index in [1.54, 1.807) is 7.11 Å². The molecule has 0 aromatic heterocycles. The summed E-state index contributed by atoms with van der Waals surface area (Å²) < 4.78 is 5.27. The summed E-state index contributed by atoms with van der Waals surface area (Å²) in [5.41, 5.74) is 3.84. The fourth-order valence-corrected chi connectivity index (χ4v) is 4.00. The zero-order valence-electron chi connectivity index (χ0n) is 15.7. The molecule has 3 aromatic carbocycles. The Morgan fingerprint density at radius 1 is 0.852 bits per heavy atom. The molecule has 0 fully saturated rings. The van der Waals surface area contributed by atoms with Crippen molar-refractivity contribution in [3.05, 3.63) is 101 Å². The maximum Gasteiger partial charge on any atom is 0.255 e. The normalized spacial score (nSPS) is 18.4. The van der Waals surface area contributed by atoms with E-state index in [-0.39, 0.29) is 5.91 Å². The van der Waals surface area contributed by atoms with Crippen LogP contribution in [-0.2, 0) is 18.5 Å². The van der Waals surface area contributed by atoms with Crippen LogP contribution in [0.2, 0.25) is 0 Å². The third-order valence-corrected chi connectivity index (χ3v) is 5.47. The number of rotatable bonds is 5. The number of fused-ring (bicyclic) bond motifs is 1. The van der Waals surface area contributed by atoms with Crippen molar-refractivity contribution >= 4 is 5.91 Å². The molecule has 0 aliphatic carbocycles. The lowest BCUT2D eigenvalue weighted by Gasteiger charge is -2.36. The molecule has 4 rings (SSSR count). The van der Waals surface area contributed by atoms with E-state index in [4.69, 9.17) is 4.74 Å². The summed E-state index contributed by atoms with van der Waals surface area (Å²) in [5, 5.41) is 0. The molecule has 27 heavy (non-hydrogen) atoms. The Morgan fingerprint density at radius 3 is 2.22 bits per heavy atom. The molecule has 3 nitrogen and oxygen atoms in total. The zero-order chi connectivity index (χ0) is 18.9. The van der Waals surface area contributed by atoms with Gasteiger partial charge in [-0.05, 0) is 48.2 Å². The summed E-state index contributed by atoms with van der Waals surface area (Å²) in [7, 11) is 1.67. The van der Waals surface area contributed by atoms with Crippen molar-refractivity contribution in [3.63, 3.8) is 0 Å². The Balaban J connectivity index is 1.73. The molecular formula is C24H23NO2. The summed E-state index contributed by atoms with van der Waals surface area (Å²) in [6.07, 6.45) is 0.757. The van der Waals surface area contributed by atoms with E-state index in [1.165, 1.54) is 5.56 Å². The van der Waals surface area contributed by atoms with E-state index in [0.29, 0.717) is 6.54 Å². The van der Waals surface area contributed by atoms with Gasteiger partial charge in [-0.3, -0.25) is 4.79 Å². The van der Waals surface area contributed by atoms with E-state index in [2.05, 4.69) is 37.3 Å². The van der Waals surface area contributed by atoms with Crippen LogP contribution in [0.5, 0.6) is 5.75 Å². The highest BCUT2D eigenvalue weighted by Crippen LogP contribution is 2.42. The maximum absolute atomic E-state index is 13.2. The van der Waals surface area contributed by atoms with Crippen LogP contribution >= 0.6 is 0 Å². The van der Waals surface area contributed by atoms with Crippen LogP contribution in [0.15, 0.2) is 78.9 Å². The van der Waals surface area contributed by atoms with Crippen molar-refractivity contribution in [1.29, 1.82) is 0 Å². The Labute approximate surface area is 160 Å². The molecule has 1 aliphatic heterocycles. The Bertz CT molecular complexity index is 950. The quantitative estimate of drug-likeness (QED) is 0.656. The molecule has 1 atom stereocenters. The number of ether oxygens (including phenoxy) is 1. The molecule has 0 saturated carbocycles. The summed E-state index contributed by atoms with van der Waals surface area (Å²) in [6.45, 7) is 2.77. The summed E-state index contributed by atoms with van der Waals surface area (Å²) >= 11 is 0. The van der Waals surface area contributed by atoms with Crippen molar-refractivity contribution in [1.82, 2.24) is 4.90 Å². The van der Waals surface area contributed by atoms with Gasteiger partial charge >= 0.3 is 0 Å². The first-order chi connectivity index (χ1) is 13.1. The van der Waals surface area contributed by atoms with Gasteiger partial charge in [-0.2, -0.15) is 0 Å². The van der Waals surface area contributed by atoms with Crippen LogP contribution in [-0.4, -0.2) is 17.9 Å². The molecule has 3 aromatic rings. The summed E-state index contributed by atoms with van der Waals surface area (Å²) in [5.74, 6) is 0.943. The Kier molecular flexibility index (Phi) is 4.44. The van der Waals surface area contributed by atoms with Crippen LogP contribution < -0.4 is 4.74 Å². The summed E-state index contributed by atoms with van der Waals surface area (Å²) in [6, 6.07) is 26.3. The first-order valence-corrected chi connectivity index (χ1v) is 9.20. The van der Waals surface area contributed by atoms with Crippen LogP contribution in [0.1, 0.15) is 34.0 Å². The summed E-state index contributed by atoms with van der Waals surface area (Å²) in [4.78, 5) is 15.2. The van der Waals surface area contributed by atoms with Gasteiger partial charge in [0.1, 0.15) is 5.75 Å². The van der Waals surface area contributed by atoms with E-state index in [9.17, 15) is 4.79 Å². The number of carbonyl (C=O) groups excluding carboxylic acids is 1. The van der Waals surface area contributed by atoms with Crippen LogP contribution in [0.25, 0.3) is 0 Å². The van der Waals surface area contributed by atoms with Gasteiger partial charge in [0.15, 0.2) is 0 Å². The van der Waals surface area contributed by atoms with E-state index < -0.39 is 5.54 Å². The molecule has 0 N–H and O–H groups in total.